The summed E-state index contributed by atoms with van der Waals surface area (Å²) in [6, 6.07) is 0. The molecule has 1 fully saturated rings. The van der Waals surface area contributed by atoms with Crippen molar-refractivity contribution in [3.8, 4) is 0 Å². The molecule has 0 radical (unpaired) electrons. The van der Waals surface area contributed by atoms with Crippen LogP contribution in [0.2, 0.25) is 0 Å². The summed E-state index contributed by atoms with van der Waals surface area (Å²) in [5.41, 5.74) is 9.04. The van der Waals surface area contributed by atoms with E-state index in [0.717, 1.165) is 47.8 Å². The highest BCUT2D eigenvalue weighted by Crippen LogP contribution is 2.38. The fourth-order valence-corrected chi connectivity index (χ4v) is 3.97. The van der Waals surface area contributed by atoms with Gasteiger partial charge in [0.2, 0.25) is 0 Å². The normalized spacial score (nSPS) is 27.2. The number of hydrogen-bond acceptors (Lipinski definition) is 2. The Morgan fingerprint density at radius 2 is 2.20 bits per heavy atom. The highest BCUT2D eigenvalue weighted by molar-refractivity contribution is 9.10. The molecule has 0 bridgehead atoms. The van der Waals surface area contributed by atoms with E-state index in [1.165, 1.54) is 18.5 Å². The quantitative estimate of drug-likeness (QED) is 0.897. The van der Waals surface area contributed by atoms with Crippen molar-refractivity contribution in [2.45, 2.75) is 71.9 Å². The van der Waals surface area contributed by atoms with Crippen LogP contribution < -0.4 is 5.73 Å². The van der Waals surface area contributed by atoms with Gasteiger partial charge in [0, 0.05) is 18.5 Å². The number of aryl methyl sites for hydroxylation is 2. The van der Waals surface area contributed by atoms with Crippen molar-refractivity contribution in [1.29, 1.82) is 0 Å². The van der Waals surface area contributed by atoms with Crippen LogP contribution in [0, 0.1) is 18.8 Å². The molecule has 1 heterocycles. The van der Waals surface area contributed by atoms with Gasteiger partial charge in [-0.3, -0.25) is 4.68 Å². The van der Waals surface area contributed by atoms with Crippen molar-refractivity contribution >= 4 is 15.9 Å². The second-order valence-corrected chi connectivity index (χ2v) is 7.59. The van der Waals surface area contributed by atoms with E-state index >= 15 is 0 Å². The molecule has 2 unspecified atom stereocenters. The van der Waals surface area contributed by atoms with Gasteiger partial charge in [-0.1, -0.05) is 26.7 Å². The lowest BCUT2D eigenvalue weighted by molar-refractivity contribution is 0.180. The first-order valence-electron chi connectivity index (χ1n) is 7.87. The van der Waals surface area contributed by atoms with E-state index in [2.05, 4.69) is 53.4 Å². The van der Waals surface area contributed by atoms with E-state index in [1.54, 1.807) is 0 Å². The molecule has 4 heteroatoms. The molecular weight excluding hydrogens is 314 g/mol. The molecule has 0 aliphatic heterocycles. The highest BCUT2D eigenvalue weighted by Gasteiger charge is 2.35. The maximum absolute atomic E-state index is 6.76. The average molecular weight is 342 g/mol. The van der Waals surface area contributed by atoms with Crippen LogP contribution in [-0.2, 0) is 13.0 Å². The van der Waals surface area contributed by atoms with Crippen molar-refractivity contribution < 1.29 is 0 Å². The van der Waals surface area contributed by atoms with Crippen molar-refractivity contribution in [1.82, 2.24) is 9.78 Å². The van der Waals surface area contributed by atoms with Crippen LogP contribution in [0.15, 0.2) is 4.47 Å². The Labute approximate surface area is 131 Å². The Balaban J connectivity index is 2.20. The Bertz CT molecular complexity index is 467. The van der Waals surface area contributed by atoms with E-state index in [1.807, 2.05) is 0 Å². The van der Waals surface area contributed by atoms with Gasteiger partial charge in [0.15, 0.2) is 0 Å². The van der Waals surface area contributed by atoms with Gasteiger partial charge in [-0.25, -0.2) is 0 Å². The van der Waals surface area contributed by atoms with E-state index in [-0.39, 0.29) is 5.54 Å². The Kier molecular flexibility index (Phi) is 4.96. The molecule has 114 valence electrons. The van der Waals surface area contributed by atoms with Gasteiger partial charge in [0.25, 0.3) is 0 Å². The zero-order chi connectivity index (χ0) is 14.9. The summed E-state index contributed by atoms with van der Waals surface area (Å²) in [5, 5.41) is 4.59. The molecule has 2 N–H and O–H groups in total. The van der Waals surface area contributed by atoms with Gasteiger partial charge >= 0.3 is 0 Å². The van der Waals surface area contributed by atoms with Gasteiger partial charge in [-0.15, -0.1) is 0 Å². The first-order valence-corrected chi connectivity index (χ1v) is 8.66. The van der Waals surface area contributed by atoms with Crippen molar-refractivity contribution in [3.05, 3.63) is 15.9 Å². The number of aromatic nitrogens is 2. The van der Waals surface area contributed by atoms with Gasteiger partial charge in [-0.05, 0) is 54.5 Å². The maximum atomic E-state index is 6.76. The predicted octanol–water partition coefficient (Wildman–Crippen LogP) is 4.06. The Hall–Kier alpha value is -0.350. The molecule has 0 amide bonds. The van der Waals surface area contributed by atoms with Crippen molar-refractivity contribution in [2.75, 3.05) is 0 Å². The predicted molar refractivity (Wildman–Crippen MR) is 87.8 cm³/mol. The molecule has 2 rings (SSSR count). The van der Waals surface area contributed by atoms with Crippen LogP contribution in [0.3, 0.4) is 0 Å². The molecule has 1 saturated carbocycles. The van der Waals surface area contributed by atoms with Crippen LogP contribution in [0.1, 0.15) is 57.8 Å². The first-order chi connectivity index (χ1) is 9.36. The third-order valence-corrected chi connectivity index (χ3v) is 5.86. The second kappa shape index (κ2) is 6.18. The van der Waals surface area contributed by atoms with E-state index in [0.29, 0.717) is 0 Å². The number of halogens is 1. The van der Waals surface area contributed by atoms with Gasteiger partial charge in [-0.2, -0.15) is 5.10 Å². The van der Waals surface area contributed by atoms with Crippen LogP contribution in [0.5, 0.6) is 0 Å². The minimum Gasteiger partial charge on any atom is -0.325 e. The van der Waals surface area contributed by atoms with Crippen LogP contribution in [0.25, 0.3) is 0 Å². The molecule has 2 atom stereocenters. The average Bonchev–Trinajstić information content (AvgIpc) is 2.66. The maximum Gasteiger partial charge on any atom is 0.0738 e. The van der Waals surface area contributed by atoms with Crippen LogP contribution in [0.4, 0.5) is 0 Å². The fraction of sp³-hybridized carbons (Fsp3) is 0.812. The monoisotopic (exact) mass is 341 g/mol. The summed E-state index contributed by atoms with van der Waals surface area (Å²) in [6.45, 7) is 9.76. The summed E-state index contributed by atoms with van der Waals surface area (Å²) in [5.74, 6) is 1.51. The SMILES string of the molecule is CCn1nc(C)c(Br)c1CC1(N)CCCC(C(C)C)C1. The smallest absolute Gasteiger partial charge is 0.0738 e. The largest absolute Gasteiger partial charge is 0.325 e. The summed E-state index contributed by atoms with van der Waals surface area (Å²) < 4.78 is 3.25. The van der Waals surface area contributed by atoms with Crippen LogP contribution >= 0.6 is 15.9 Å². The van der Waals surface area contributed by atoms with E-state index in [4.69, 9.17) is 5.73 Å². The van der Waals surface area contributed by atoms with Gasteiger partial charge in [0.1, 0.15) is 0 Å². The number of rotatable bonds is 4. The highest BCUT2D eigenvalue weighted by atomic mass is 79.9. The minimum atomic E-state index is -0.0604. The molecule has 1 aromatic rings. The fourth-order valence-electron chi connectivity index (χ4n) is 3.54. The lowest BCUT2D eigenvalue weighted by atomic mass is 9.70. The molecule has 3 nitrogen and oxygen atoms in total. The molecule has 1 aromatic heterocycles. The van der Waals surface area contributed by atoms with E-state index < -0.39 is 0 Å². The zero-order valence-corrected chi connectivity index (χ0v) is 14.8. The molecule has 0 aromatic carbocycles. The summed E-state index contributed by atoms with van der Waals surface area (Å²) in [7, 11) is 0. The summed E-state index contributed by atoms with van der Waals surface area (Å²) in [4.78, 5) is 0. The Morgan fingerprint density at radius 1 is 1.50 bits per heavy atom. The summed E-state index contributed by atoms with van der Waals surface area (Å²) in [6.07, 6.45) is 5.81. The molecular formula is C16H28BrN3. The summed E-state index contributed by atoms with van der Waals surface area (Å²) >= 11 is 3.70. The van der Waals surface area contributed by atoms with Crippen molar-refractivity contribution in [2.24, 2.45) is 17.6 Å². The van der Waals surface area contributed by atoms with Crippen molar-refractivity contribution in [3.63, 3.8) is 0 Å². The molecule has 1 aliphatic carbocycles. The molecule has 0 saturated heterocycles. The second-order valence-electron chi connectivity index (χ2n) is 6.80. The molecule has 20 heavy (non-hydrogen) atoms. The topological polar surface area (TPSA) is 43.8 Å². The number of hydrogen-bond donors (Lipinski definition) is 1. The van der Waals surface area contributed by atoms with E-state index in [9.17, 15) is 0 Å². The third-order valence-electron chi connectivity index (χ3n) is 4.83. The lowest BCUT2D eigenvalue weighted by Gasteiger charge is -2.40. The lowest BCUT2D eigenvalue weighted by Crippen LogP contribution is -2.47. The number of nitrogens with zero attached hydrogens (tertiary/aromatic N) is 2. The third kappa shape index (κ3) is 3.28. The minimum absolute atomic E-state index is 0.0604. The van der Waals surface area contributed by atoms with Crippen LogP contribution in [-0.4, -0.2) is 15.3 Å². The first kappa shape index (κ1) is 16.0. The zero-order valence-electron chi connectivity index (χ0n) is 13.2. The van der Waals surface area contributed by atoms with Gasteiger partial charge in [0.05, 0.1) is 15.9 Å². The molecule has 1 aliphatic rings. The number of nitrogens with two attached hydrogens (primary N) is 1. The van der Waals surface area contributed by atoms with Gasteiger partial charge < -0.3 is 5.73 Å². The standard InChI is InChI=1S/C16H28BrN3/c1-5-20-14(15(17)12(4)19-20)10-16(18)8-6-7-13(9-16)11(2)3/h11,13H,5-10,18H2,1-4H3. The Morgan fingerprint density at radius 3 is 2.80 bits per heavy atom. The molecule has 0 spiro atoms.